The molecule has 0 fully saturated rings. The van der Waals surface area contributed by atoms with Crippen molar-refractivity contribution in [2.45, 2.75) is 0 Å². The summed E-state index contributed by atoms with van der Waals surface area (Å²) in [6.45, 7) is 0. The molecule has 1 heterocycles. The zero-order valence-electron chi connectivity index (χ0n) is 10.5. The van der Waals surface area contributed by atoms with Crippen LogP contribution >= 0.6 is 34.8 Å². The summed E-state index contributed by atoms with van der Waals surface area (Å²) < 4.78 is 14.6. The number of hydrogen-bond acceptors (Lipinski definition) is 2. The molecule has 2 N–H and O–H groups in total. The molecule has 3 aromatic rings. The maximum atomic E-state index is 14.6. The van der Waals surface area contributed by atoms with E-state index in [1.165, 1.54) is 6.20 Å². The van der Waals surface area contributed by atoms with Crippen LogP contribution < -0.4 is 5.73 Å². The fraction of sp³-hybridized carbons (Fsp3) is 0. The Morgan fingerprint density at radius 2 is 1.71 bits per heavy atom. The van der Waals surface area contributed by atoms with Gasteiger partial charge in [-0.1, -0.05) is 40.9 Å². The minimum Gasteiger partial charge on any atom is -0.384 e. The second-order valence-electron chi connectivity index (χ2n) is 4.48. The third kappa shape index (κ3) is 2.42. The smallest absolute Gasteiger partial charge is 0.150 e. The van der Waals surface area contributed by atoms with Gasteiger partial charge in [0.2, 0.25) is 0 Å². The molecule has 2 nitrogen and oxygen atoms in total. The lowest BCUT2D eigenvalue weighted by molar-refractivity contribution is 0.633. The molecule has 21 heavy (non-hydrogen) atoms. The van der Waals surface area contributed by atoms with Gasteiger partial charge in [-0.2, -0.15) is 0 Å². The maximum absolute atomic E-state index is 14.6. The molecule has 6 heteroatoms. The predicted molar refractivity (Wildman–Crippen MR) is 86.6 cm³/mol. The van der Waals surface area contributed by atoms with E-state index in [1.54, 1.807) is 30.3 Å². The Hall–Kier alpha value is -1.55. The van der Waals surface area contributed by atoms with E-state index in [2.05, 4.69) is 4.98 Å². The first-order valence-electron chi connectivity index (χ1n) is 5.96. The van der Waals surface area contributed by atoms with Crippen LogP contribution in [-0.2, 0) is 0 Å². The van der Waals surface area contributed by atoms with Crippen LogP contribution in [0.2, 0.25) is 15.1 Å². The van der Waals surface area contributed by atoms with Gasteiger partial charge in [0.25, 0.3) is 0 Å². The molecule has 1 aromatic heterocycles. The summed E-state index contributed by atoms with van der Waals surface area (Å²) in [5.74, 6) is -0.271. The van der Waals surface area contributed by atoms with Gasteiger partial charge in [0, 0.05) is 32.8 Å². The standard InChI is InChI=1S/C15H8Cl3FN2/c16-10-2-1-3-11(17)13(10)8-4-7-5-12(20)21-6-9(7)14(18)15(8)19/h1-6H,(H2,20,21). The Bertz CT molecular complexity index is 845. The number of nitrogens with zero attached hydrogens (tertiary/aromatic N) is 1. The van der Waals surface area contributed by atoms with Crippen molar-refractivity contribution in [2.75, 3.05) is 5.73 Å². The third-order valence-electron chi connectivity index (χ3n) is 3.15. The van der Waals surface area contributed by atoms with Crippen molar-refractivity contribution >= 4 is 51.4 Å². The molecular weight excluding hydrogens is 334 g/mol. The molecule has 0 amide bonds. The summed E-state index contributed by atoms with van der Waals surface area (Å²) in [5.41, 5.74) is 6.29. The number of aromatic nitrogens is 1. The quantitative estimate of drug-likeness (QED) is 0.627. The van der Waals surface area contributed by atoms with Gasteiger partial charge in [-0.15, -0.1) is 0 Å². The van der Waals surface area contributed by atoms with Crippen molar-refractivity contribution in [3.63, 3.8) is 0 Å². The average molecular weight is 342 g/mol. The Morgan fingerprint density at radius 1 is 1.05 bits per heavy atom. The molecule has 0 bridgehead atoms. The first kappa shape index (κ1) is 14.4. The summed E-state index contributed by atoms with van der Waals surface area (Å²) in [6.07, 6.45) is 1.44. The van der Waals surface area contributed by atoms with Gasteiger partial charge in [-0.05, 0) is 29.7 Å². The molecule has 0 aliphatic rings. The lowest BCUT2D eigenvalue weighted by Crippen LogP contribution is -1.93. The molecule has 0 radical (unpaired) electrons. The summed E-state index contributed by atoms with van der Waals surface area (Å²) in [7, 11) is 0. The molecule has 0 aliphatic heterocycles. The molecule has 0 spiro atoms. The van der Waals surface area contributed by atoms with E-state index in [0.717, 1.165) is 0 Å². The minimum atomic E-state index is -0.592. The molecular formula is C15H8Cl3FN2. The second kappa shape index (κ2) is 5.34. The Kier molecular flexibility index (Phi) is 3.66. The van der Waals surface area contributed by atoms with Crippen molar-refractivity contribution < 1.29 is 4.39 Å². The van der Waals surface area contributed by atoms with Gasteiger partial charge >= 0.3 is 0 Å². The van der Waals surface area contributed by atoms with Crippen LogP contribution in [0.5, 0.6) is 0 Å². The van der Waals surface area contributed by atoms with E-state index < -0.39 is 5.82 Å². The van der Waals surface area contributed by atoms with Crippen LogP contribution in [0.15, 0.2) is 36.5 Å². The SMILES string of the molecule is Nc1cc2cc(-c3c(Cl)cccc3Cl)c(F)c(Cl)c2cn1. The Labute approximate surface area is 135 Å². The van der Waals surface area contributed by atoms with Crippen molar-refractivity contribution in [3.8, 4) is 11.1 Å². The largest absolute Gasteiger partial charge is 0.384 e. The van der Waals surface area contributed by atoms with Crippen molar-refractivity contribution in [3.05, 3.63) is 57.4 Å². The third-order valence-corrected chi connectivity index (χ3v) is 4.15. The summed E-state index contributed by atoms with van der Waals surface area (Å²) in [5, 5.41) is 1.80. The van der Waals surface area contributed by atoms with Crippen LogP contribution in [0.3, 0.4) is 0 Å². The van der Waals surface area contributed by atoms with E-state index in [9.17, 15) is 4.39 Å². The number of pyridine rings is 1. The molecule has 0 saturated carbocycles. The minimum absolute atomic E-state index is 0.0361. The molecule has 106 valence electrons. The molecule has 0 aliphatic carbocycles. The van der Waals surface area contributed by atoms with Crippen LogP contribution in [-0.4, -0.2) is 4.98 Å². The highest BCUT2D eigenvalue weighted by Crippen LogP contribution is 2.40. The lowest BCUT2D eigenvalue weighted by atomic mass is 10.0. The highest BCUT2D eigenvalue weighted by molar-refractivity contribution is 6.40. The fourth-order valence-electron chi connectivity index (χ4n) is 2.18. The van der Waals surface area contributed by atoms with Gasteiger partial charge in [-0.3, -0.25) is 0 Å². The fourth-order valence-corrected chi connectivity index (χ4v) is 3.04. The normalized spacial score (nSPS) is 11.0. The van der Waals surface area contributed by atoms with E-state index in [0.29, 0.717) is 32.2 Å². The molecule has 0 saturated heterocycles. The van der Waals surface area contributed by atoms with Gasteiger partial charge in [0.1, 0.15) is 11.6 Å². The number of anilines is 1. The van der Waals surface area contributed by atoms with Crippen LogP contribution in [0.4, 0.5) is 10.2 Å². The van der Waals surface area contributed by atoms with Gasteiger partial charge in [-0.25, -0.2) is 9.37 Å². The van der Waals surface area contributed by atoms with Crippen LogP contribution in [0.1, 0.15) is 0 Å². The monoisotopic (exact) mass is 340 g/mol. The van der Waals surface area contributed by atoms with Gasteiger partial charge < -0.3 is 5.73 Å². The number of nitrogen functional groups attached to an aromatic ring is 1. The molecule has 2 aromatic carbocycles. The van der Waals surface area contributed by atoms with E-state index in [-0.39, 0.29) is 10.6 Å². The Balaban J connectivity index is 2.41. The number of benzene rings is 2. The zero-order chi connectivity index (χ0) is 15.1. The first-order chi connectivity index (χ1) is 9.99. The molecule has 3 rings (SSSR count). The van der Waals surface area contributed by atoms with Crippen LogP contribution in [0, 0.1) is 5.82 Å². The molecule has 0 atom stereocenters. The van der Waals surface area contributed by atoms with Crippen molar-refractivity contribution in [1.29, 1.82) is 0 Å². The highest BCUT2D eigenvalue weighted by atomic mass is 35.5. The summed E-state index contributed by atoms with van der Waals surface area (Å²) >= 11 is 18.4. The predicted octanol–water partition coefficient (Wildman–Crippen LogP) is 5.58. The topological polar surface area (TPSA) is 38.9 Å². The maximum Gasteiger partial charge on any atom is 0.150 e. The number of rotatable bonds is 1. The number of halogens is 4. The number of nitrogens with two attached hydrogens (primary N) is 1. The average Bonchev–Trinajstić information content (AvgIpc) is 2.43. The second-order valence-corrected chi connectivity index (χ2v) is 5.67. The number of fused-ring (bicyclic) bond motifs is 1. The van der Waals surface area contributed by atoms with Gasteiger partial charge in [0.05, 0.1) is 5.02 Å². The number of hydrogen-bond donors (Lipinski definition) is 1. The van der Waals surface area contributed by atoms with E-state index in [1.807, 2.05) is 0 Å². The lowest BCUT2D eigenvalue weighted by Gasteiger charge is -2.12. The zero-order valence-corrected chi connectivity index (χ0v) is 12.8. The van der Waals surface area contributed by atoms with Crippen LogP contribution in [0.25, 0.3) is 21.9 Å². The van der Waals surface area contributed by atoms with E-state index >= 15 is 0 Å². The summed E-state index contributed by atoms with van der Waals surface area (Å²) in [4.78, 5) is 3.92. The van der Waals surface area contributed by atoms with Crippen molar-refractivity contribution in [1.82, 2.24) is 4.98 Å². The highest BCUT2D eigenvalue weighted by Gasteiger charge is 2.18. The van der Waals surface area contributed by atoms with E-state index in [4.69, 9.17) is 40.5 Å². The first-order valence-corrected chi connectivity index (χ1v) is 7.10. The molecule has 0 unspecified atom stereocenters. The van der Waals surface area contributed by atoms with Crippen molar-refractivity contribution in [2.24, 2.45) is 0 Å². The summed E-state index contributed by atoms with van der Waals surface area (Å²) in [6, 6.07) is 8.20. The Morgan fingerprint density at radius 3 is 2.38 bits per heavy atom. The van der Waals surface area contributed by atoms with Gasteiger partial charge in [0.15, 0.2) is 0 Å².